The minimum absolute atomic E-state index is 0.257. The second-order valence-electron chi connectivity index (χ2n) is 6.96. The van der Waals surface area contributed by atoms with Crippen LogP contribution < -0.4 is 9.72 Å². The molecule has 5 rings (SSSR count). The number of benzene rings is 2. The molecule has 0 amide bonds. The number of imidazole rings is 1. The van der Waals surface area contributed by atoms with Crippen molar-refractivity contribution in [3.63, 3.8) is 0 Å². The van der Waals surface area contributed by atoms with Crippen molar-refractivity contribution in [3.8, 4) is 6.07 Å². The molecule has 0 unspecified atom stereocenters. The number of anilines is 2. The van der Waals surface area contributed by atoms with Gasteiger partial charge in [-0.3, -0.25) is 10.3 Å². The first kappa shape index (κ1) is 15.8. The standard InChI is InChI=1S/C22H17FN4/c23-14-9-11-15(12-10-14)25-21-17-6-2-1-5-16(17)18(13-24)22-26-19-7-3-4-8-20(19)27(21)22/h3-4,7-12H,1-2,5-6H2,(H,25,26)/p+1. The van der Waals surface area contributed by atoms with Crippen LogP contribution in [0.5, 0.6) is 0 Å². The Bertz CT molecular complexity index is 1220. The molecule has 132 valence electrons. The van der Waals surface area contributed by atoms with Crippen molar-refractivity contribution in [1.82, 2.24) is 4.98 Å². The molecule has 2 aromatic heterocycles. The van der Waals surface area contributed by atoms with Crippen LogP contribution in [0.3, 0.4) is 0 Å². The molecule has 0 aliphatic heterocycles. The van der Waals surface area contributed by atoms with Crippen molar-refractivity contribution in [2.75, 3.05) is 5.32 Å². The molecule has 0 saturated carbocycles. The van der Waals surface area contributed by atoms with E-state index in [4.69, 9.17) is 0 Å². The zero-order valence-corrected chi connectivity index (χ0v) is 14.7. The Balaban J connectivity index is 1.86. The molecular formula is C22H18FN4+. The molecule has 0 spiro atoms. The van der Waals surface area contributed by atoms with Crippen LogP contribution in [0.15, 0.2) is 48.5 Å². The molecule has 0 atom stereocenters. The Morgan fingerprint density at radius 3 is 2.52 bits per heavy atom. The molecule has 2 aromatic carbocycles. The first-order chi connectivity index (χ1) is 13.3. The highest BCUT2D eigenvalue weighted by Gasteiger charge is 2.28. The summed E-state index contributed by atoms with van der Waals surface area (Å²) in [7, 11) is 0. The lowest BCUT2D eigenvalue weighted by Crippen LogP contribution is -2.30. The van der Waals surface area contributed by atoms with E-state index in [1.807, 2.05) is 24.3 Å². The van der Waals surface area contributed by atoms with E-state index in [2.05, 4.69) is 20.8 Å². The molecule has 4 nitrogen and oxygen atoms in total. The van der Waals surface area contributed by atoms with Crippen LogP contribution in [0.1, 0.15) is 29.5 Å². The van der Waals surface area contributed by atoms with Crippen LogP contribution in [0, 0.1) is 17.1 Å². The minimum atomic E-state index is -0.257. The second-order valence-corrected chi connectivity index (χ2v) is 6.96. The van der Waals surface area contributed by atoms with Gasteiger partial charge in [-0.15, -0.1) is 0 Å². The van der Waals surface area contributed by atoms with Gasteiger partial charge in [0.1, 0.15) is 28.5 Å². The van der Waals surface area contributed by atoms with E-state index in [0.717, 1.165) is 65.0 Å². The number of hydrogen-bond acceptors (Lipinski definition) is 2. The number of nitrogens with one attached hydrogen (secondary N) is 2. The van der Waals surface area contributed by atoms with Crippen LogP contribution in [-0.4, -0.2) is 4.98 Å². The number of aromatic amines is 1. The predicted octanol–water partition coefficient (Wildman–Crippen LogP) is 4.54. The number of H-pyrrole nitrogens is 1. The molecule has 27 heavy (non-hydrogen) atoms. The van der Waals surface area contributed by atoms with E-state index in [9.17, 15) is 9.65 Å². The molecule has 2 heterocycles. The fourth-order valence-electron chi connectivity index (χ4n) is 4.13. The third kappa shape index (κ3) is 2.45. The quantitative estimate of drug-likeness (QED) is 0.518. The molecule has 5 heteroatoms. The van der Waals surface area contributed by atoms with Crippen molar-refractivity contribution in [1.29, 1.82) is 5.26 Å². The number of nitriles is 1. The van der Waals surface area contributed by atoms with E-state index in [-0.39, 0.29) is 5.82 Å². The van der Waals surface area contributed by atoms with Gasteiger partial charge < -0.3 is 0 Å². The highest BCUT2D eigenvalue weighted by Crippen LogP contribution is 2.33. The third-order valence-corrected chi connectivity index (χ3v) is 5.36. The second kappa shape index (κ2) is 6.10. The first-order valence-corrected chi connectivity index (χ1v) is 9.19. The number of nitrogens with zero attached hydrogens (tertiary/aromatic N) is 2. The summed E-state index contributed by atoms with van der Waals surface area (Å²) in [5.74, 6) is 0.704. The van der Waals surface area contributed by atoms with Gasteiger partial charge in [0.25, 0.3) is 0 Å². The number of fused-ring (bicyclic) bond motifs is 4. The summed E-state index contributed by atoms with van der Waals surface area (Å²) >= 11 is 0. The average Bonchev–Trinajstić information content (AvgIpc) is 3.09. The Hall–Kier alpha value is -3.39. The monoisotopic (exact) mass is 357 g/mol. The van der Waals surface area contributed by atoms with E-state index in [1.54, 1.807) is 12.1 Å². The molecule has 0 radical (unpaired) electrons. The fourth-order valence-corrected chi connectivity index (χ4v) is 4.13. The molecule has 0 fully saturated rings. The lowest BCUT2D eigenvalue weighted by molar-refractivity contribution is -0.465. The maximum atomic E-state index is 13.3. The van der Waals surface area contributed by atoms with Crippen LogP contribution in [0.4, 0.5) is 15.9 Å². The van der Waals surface area contributed by atoms with Gasteiger partial charge in [-0.25, -0.2) is 4.39 Å². The van der Waals surface area contributed by atoms with E-state index >= 15 is 0 Å². The Labute approximate surface area is 155 Å². The Kier molecular flexibility index (Phi) is 3.58. The van der Waals surface area contributed by atoms with Crippen molar-refractivity contribution < 1.29 is 8.79 Å². The van der Waals surface area contributed by atoms with E-state index < -0.39 is 0 Å². The average molecular weight is 357 g/mol. The normalized spacial score (nSPS) is 13.5. The lowest BCUT2D eigenvalue weighted by Gasteiger charge is -2.19. The highest BCUT2D eigenvalue weighted by atomic mass is 19.1. The minimum Gasteiger partial charge on any atom is -0.273 e. The Morgan fingerprint density at radius 1 is 1.00 bits per heavy atom. The molecule has 1 aliphatic rings. The smallest absolute Gasteiger partial charge is 0.250 e. The van der Waals surface area contributed by atoms with Crippen LogP contribution >= 0.6 is 0 Å². The van der Waals surface area contributed by atoms with Gasteiger partial charge in [0.05, 0.1) is 5.69 Å². The summed E-state index contributed by atoms with van der Waals surface area (Å²) in [5.41, 5.74) is 6.67. The number of aromatic nitrogens is 2. The fraction of sp³-hybridized carbons (Fsp3) is 0.182. The number of pyridine rings is 1. The highest BCUT2D eigenvalue weighted by molar-refractivity contribution is 5.79. The molecular weight excluding hydrogens is 339 g/mol. The summed E-state index contributed by atoms with van der Waals surface area (Å²) < 4.78 is 15.4. The topological polar surface area (TPSA) is 55.7 Å². The van der Waals surface area contributed by atoms with E-state index in [0.29, 0.717) is 0 Å². The molecule has 2 N–H and O–H groups in total. The van der Waals surface area contributed by atoms with Gasteiger partial charge in [0.15, 0.2) is 0 Å². The molecule has 1 aliphatic carbocycles. The third-order valence-electron chi connectivity index (χ3n) is 5.36. The zero-order chi connectivity index (χ0) is 18.4. The summed E-state index contributed by atoms with van der Waals surface area (Å²) in [6.45, 7) is 0. The largest absolute Gasteiger partial charge is 0.273 e. The van der Waals surface area contributed by atoms with Gasteiger partial charge in [0.2, 0.25) is 11.5 Å². The van der Waals surface area contributed by atoms with Crippen LogP contribution in [0.2, 0.25) is 0 Å². The summed E-state index contributed by atoms with van der Waals surface area (Å²) in [5, 5.41) is 13.4. The van der Waals surface area contributed by atoms with Crippen LogP contribution in [-0.2, 0) is 12.8 Å². The number of para-hydroxylation sites is 2. The molecule has 0 bridgehead atoms. The lowest BCUT2D eigenvalue weighted by atomic mass is 9.89. The number of halogens is 1. The maximum Gasteiger partial charge on any atom is 0.250 e. The molecule has 0 saturated heterocycles. The van der Waals surface area contributed by atoms with Gasteiger partial charge in [-0.05, 0) is 67.6 Å². The van der Waals surface area contributed by atoms with E-state index in [1.165, 1.54) is 17.7 Å². The summed E-state index contributed by atoms with van der Waals surface area (Å²) in [6, 6.07) is 16.9. The summed E-state index contributed by atoms with van der Waals surface area (Å²) in [4.78, 5) is 3.42. The van der Waals surface area contributed by atoms with Crippen molar-refractivity contribution in [3.05, 3.63) is 71.0 Å². The summed E-state index contributed by atoms with van der Waals surface area (Å²) in [6.07, 6.45) is 4.02. The van der Waals surface area contributed by atoms with Gasteiger partial charge in [-0.1, -0.05) is 12.1 Å². The van der Waals surface area contributed by atoms with Gasteiger partial charge in [-0.2, -0.15) is 9.66 Å². The maximum absolute atomic E-state index is 13.3. The number of hydrogen-bond donors (Lipinski definition) is 2. The first-order valence-electron chi connectivity index (χ1n) is 9.19. The SMILES string of the molecule is N#Cc1c2c(c(Nc3ccc(F)cc3)[n+]3c1[nH]c1ccccc13)CCCC2. The van der Waals surface area contributed by atoms with Crippen LogP contribution in [0.25, 0.3) is 16.7 Å². The predicted molar refractivity (Wildman–Crippen MR) is 102 cm³/mol. The number of rotatable bonds is 2. The van der Waals surface area contributed by atoms with Crippen molar-refractivity contribution in [2.45, 2.75) is 25.7 Å². The van der Waals surface area contributed by atoms with Crippen molar-refractivity contribution >= 4 is 28.2 Å². The Morgan fingerprint density at radius 2 is 1.74 bits per heavy atom. The zero-order valence-electron chi connectivity index (χ0n) is 14.7. The van der Waals surface area contributed by atoms with Gasteiger partial charge in [0, 0.05) is 5.56 Å². The molecule has 4 aromatic rings. The van der Waals surface area contributed by atoms with Crippen molar-refractivity contribution in [2.24, 2.45) is 0 Å². The van der Waals surface area contributed by atoms with Gasteiger partial charge >= 0.3 is 0 Å².